The summed E-state index contributed by atoms with van der Waals surface area (Å²) in [5.41, 5.74) is 15.8. The third kappa shape index (κ3) is 6.96. The summed E-state index contributed by atoms with van der Waals surface area (Å²) in [4.78, 5) is 20.2. The summed E-state index contributed by atoms with van der Waals surface area (Å²) in [5, 5.41) is 10.6. The SMILES string of the molecule is Cc1c(-c2ccccc2)nc(-c2ccccc2)nc1-c1ccc(-c2cccc(-c3ccc(-c4nc(-c5ccccc5)nc(-c5ccccc5)c4C)cc3)c2C#N)cc1. The largest absolute Gasteiger partial charge is 0.228 e. The van der Waals surface area contributed by atoms with Crippen LogP contribution in [0.15, 0.2) is 188 Å². The van der Waals surface area contributed by atoms with Gasteiger partial charge in [0.2, 0.25) is 0 Å². The van der Waals surface area contributed by atoms with E-state index in [1.807, 2.05) is 115 Å². The Morgan fingerprint density at radius 3 is 0.897 bits per heavy atom. The zero-order valence-electron chi connectivity index (χ0n) is 32.1. The van der Waals surface area contributed by atoms with E-state index in [4.69, 9.17) is 19.9 Å². The fourth-order valence-electron chi connectivity index (χ4n) is 7.55. The van der Waals surface area contributed by atoms with Gasteiger partial charge in [-0.2, -0.15) is 5.26 Å². The Hall–Kier alpha value is -7.81. The van der Waals surface area contributed by atoms with Gasteiger partial charge in [0, 0.05) is 55.6 Å². The van der Waals surface area contributed by atoms with Crippen molar-refractivity contribution in [3.63, 3.8) is 0 Å². The van der Waals surface area contributed by atoms with Crippen LogP contribution in [0.25, 0.3) is 90.1 Å². The molecule has 0 aliphatic carbocycles. The first-order valence-corrected chi connectivity index (χ1v) is 19.3. The molecule has 0 N–H and O–H groups in total. The van der Waals surface area contributed by atoms with Crippen LogP contribution in [-0.4, -0.2) is 19.9 Å². The minimum absolute atomic E-state index is 0.620. The lowest BCUT2D eigenvalue weighted by atomic mass is 9.91. The molecule has 5 nitrogen and oxygen atoms in total. The maximum absolute atomic E-state index is 10.6. The number of hydrogen-bond donors (Lipinski definition) is 0. The summed E-state index contributed by atoms with van der Waals surface area (Å²) in [6.45, 7) is 4.17. The quantitative estimate of drug-likeness (QED) is 0.155. The lowest BCUT2D eigenvalue weighted by Crippen LogP contribution is -2.00. The molecule has 0 fully saturated rings. The van der Waals surface area contributed by atoms with Crippen molar-refractivity contribution in [3.8, 4) is 96.1 Å². The molecule has 0 radical (unpaired) electrons. The minimum atomic E-state index is 0.620. The lowest BCUT2D eigenvalue weighted by molar-refractivity contribution is 1.15. The van der Waals surface area contributed by atoms with Gasteiger partial charge in [0.05, 0.1) is 28.3 Å². The topological polar surface area (TPSA) is 75.3 Å². The van der Waals surface area contributed by atoms with E-state index >= 15 is 0 Å². The second kappa shape index (κ2) is 15.7. The third-order valence-electron chi connectivity index (χ3n) is 10.6. The Morgan fingerprint density at radius 1 is 0.310 bits per heavy atom. The number of rotatable bonds is 8. The van der Waals surface area contributed by atoms with Crippen LogP contribution < -0.4 is 0 Å². The zero-order chi connectivity index (χ0) is 39.4. The Morgan fingerprint density at radius 2 is 0.586 bits per heavy atom. The van der Waals surface area contributed by atoms with Gasteiger partial charge in [-0.05, 0) is 25.0 Å². The first kappa shape index (κ1) is 35.9. The van der Waals surface area contributed by atoms with Crippen LogP contribution in [0.4, 0.5) is 0 Å². The van der Waals surface area contributed by atoms with Gasteiger partial charge >= 0.3 is 0 Å². The smallest absolute Gasteiger partial charge is 0.160 e. The molecular formula is C53H37N5. The number of benzene rings is 7. The van der Waals surface area contributed by atoms with Crippen molar-refractivity contribution in [1.29, 1.82) is 5.26 Å². The van der Waals surface area contributed by atoms with Gasteiger partial charge in [0.1, 0.15) is 6.07 Å². The number of hydrogen-bond acceptors (Lipinski definition) is 5. The predicted octanol–water partition coefficient (Wildman–Crippen LogP) is 13.1. The number of nitriles is 1. The van der Waals surface area contributed by atoms with Crippen LogP contribution >= 0.6 is 0 Å². The van der Waals surface area contributed by atoms with Crippen LogP contribution in [0.1, 0.15) is 16.7 Å². The van der Waals surface area contributed by atoms with Crippen molar-refractivity contribution in [2.45, 2.75) is 13.8 Å². The van der Waals surface area contributed by atoms with Crippen molar-refractivity contribution in [1.82, 2.24) is 19.9 Å². The highest BCUT2D eigenvalue weighted by molar-refractivity contribution is 5.85. The molecule has 0 bridgehead atoms. The van der Waals surface area contributed by atoms with Gasteiger partial charge in [-0.3, -0.25) is 0 Å². The maximum atomic E-state index is 10.6. The third-order valence-corrected chi connectivity index (χ3v) is 10.6. The molecule has 0 saturated heterocycles. The van der Waals surface area contributed by atoms with Crippen LogP contribution in [0.5, 0.6) is 0 Å². The van der Waals surface area contributed by atoms with E-state index in [1.165, 1.54) is 0 Å². The van der Waals surface area contributed by atoms with Crippen molar-refractivity contribution in [3.05, 3.63) is 205 Å². The predicted molar refractivity (Wildman–Crippen MR) is 235 cm³/mol. The summed E-state index contributed by atoms with van der Waals surface area (Å²) in [7, 11) is 0. The van der Waals surface area contributed by atoms with Crippen LogP contribution in [0.2, 0.25) is 0 Å². The molecule has 9 aromatic rings. The molecule has 2 aromatic heterocycles. The van der Waals surface area contributed by atoms with Gasteiger partial charge in [-0.15, -0.1) is 0 Å². The summed E-state index contributed by atoms with van der Waals surface area (Å²) >= 11 is 0. The van der Waals surface area contributed by atoms with Crippen molar-refractivity contribution in [2.24, 2.45) is 0 Å². The van der Waals surface area contributed by atoms with E-state index in [2.05, 4.69) is 92.7 Å². The van der Waals surface area contributed by atoms with E-state index in [9.17, 15) is 5.26 Å². The molecule has 0 atom stereocenters. The molecule has 7 aromatic carbocycles. The van der Waals surface area contributed by atoms with Crippen molar-refractivity contribution in [2.75, 3.05) is 0 Å². The monoisotopic (exact) mass is 743 g/mol. The zero-order valence-corrected chi connectivity index (χ0v) is 32.1. The Balaban J connectivity index is 1.07. The molecular weight excluding hydrogens is 707 g/mol. The Kier molecular flexibility index (Phi) is 9.73. The molecule has 2 heterocycles. The standard InChI is InChI=1S/C53H37N5/c1-35-48(39-16-7-3-8-17-39)55-52(43-20-11-5-12-21-43)57-50(35)41-30-26-37(27-31-41)45-24-15-25-46(47(45)34-54)38-28-32-42(33-29-38)51-36(2)49(40-18-9-4-10-19-40)56-53(58-51)44-22-13-6-14-23-44/h3-33H,1-2H3. The van der Waals surface area contributed by atoms with E-state index in [-0.39, 0.29) is 0 Å². The average molecular weight is 744 g/mol. The lowest BCUT2D eigenvalue weighted by Gasteiger charge is -2.15. The van der Waals surface area contributed by atoms with E-state index in [0.29, 0.717) is 17.2 Å². The summed E-state index contributed by atoms with van der Waals surface area (Å²) in [5.74, 6) is 1.36. The van der Waals surface area contributed by atoms with Crippen LogP contribution in [0, 0.1) is 25.2 Å². The maximum Gasteiger partial charge on any atom is 0.160 e. The number of nitrogens with zero attached hydrogens (tertiary/aromatic N) is 5. The average Bonchev–Trinajstić information content (AvgIpc) is 3.30. The molecule has 5 heteroatoms. The second-order valence-electron chi connectivity index (χ2n) is 14.2. The molecule has 0 unspecified atom stereocenters. The molecule has 0 amide bonds. The first-order chi connectivity index (χ1) is 28.6. The van der Waals surface area contributed by atoms with Crippen molar-refractivity contribution < 1.29 is 0 Å². The molecule has 58 heavy (non-hydrogen) atoms. The summed E-state index contributed by atoms with van der Waals surface area (Å²) in [6, 6.07) is 66.0. The van der Waals surface area contributed by atoms with E-state index in [1.54, 1.807) is 0 Å². The van der Waals surface area contributed by atoms with Crippen molar-refractivity contribution >= 4 is 0 Å². The highest BCUT2D eigenvalue weighted by atomic mass is 14.9. The van der Waals surface area contributed by atoms with E-state index < -0.39 is 0 Å². The Bertz CT molecular complexity index is 2730. The summed E-state index contributed by atoms with van der Waals surface area (Å²) in [6.07, 6.45) is 0. The molecule has 0 saturated carbocycles. The van der Waals surface area contributed by atoms with E-state index in [0.717, 1.165) is 89.5 Å². The van der Waals surface area contributed by atoms with Gasteiger partial charge in [-0.25, -0.2) is 19.9 Å². The van der Waals surface area contributed by atoms with Gasteiger partial charge in [-0.1, -0.05) is 188 Å². The number of aromatic nitrogens is 4. The fraction of sp³-hybridized carbons (Fsp3) is 0.0377. The summed E-state index contributed by atoms with van der Waals surface area (Å²) < 4.78 is 0. The van der Waals surface area contributed by atoms with Crippen LogP contribution in [-0.2, 0) is 0 Å². The molecule has 0 spiro atoms. The Labute approximate surface area is 338 Å². The highest BCUT2D eigenvalue weighted by Gasteiger charge is 2.19. The molecule has 9 rings (SSSR count). The first-order valence-electron chi connectivity index (χ1n) is 19.3. The molecule has 0 aliphatic heterocycles. The fourth-order valence-corrected chi connectivity index (χ4v) is 7.55. The minimum Gasteiger partial charge on any atom is -0.228 e. The van der Waals surface area contributed by atoms with Gasteiger partial charge in [0.15, 0.2) is 11.6 Å². The van der Waals surface area contributed by atoms with Gasteiger partial charge in [0.25, 0.3) is 0 Å². The normalized spacial score (nSPS) is 10.9. The molecule has 274 valence electrons. The highest BCUT2D eigenvalue weighted by Crippen LogP contribution is 2.37. The molecule has 0 aliphatic rings. The van der Waals surface area contributed by atoms with Gasteiger partial charge < -0.3 is 0 Å². The second-order valence-corrected chi connectivity index (χ2v) is 14.2. The van der Waals surface area contributed by atoms with Crippen LogP contribution in [0.3, 0.4) is 0 Å².